The number of carbonyl (C=O) groups excluding carboxylic acids is 1. The van der Waals surface area contributed by atoms with Crippen molar-refractivity contribution in [1.29, 1.82) is 0 Å². The van der Waals surface area contributed by atoms with E-state index in [1.807, 2.05) is 30.3 Å². The third kappa shape index (κ3) is 3.27. The summed E-state index contributed by atoms with van der Waals surface area (Å²) in [6, 6.07) is 14.3. The molecule has 6 heteroatoms. The number of nitrogens with zero attached hydrogens (tertiary/aromatic N) is 2. The third-order valence-electron chi connectivity index (χ3n) is 3.37. The molecule has 0 aliphatic rings. The molecule has 0 spiro atoms. The van der Waals surface area contributed by atoms with Gasteiger partial charge in [0.15, 0.2) is 5.69 Å². The second kappa shape index (κ2) is 6.70. The van der Waals surface area contributed by atoms with Crippen LogP contribution < -0.4 is 5.32 Å². The molecule has 24 heavy (non-hydrogen) atoms. The second-order valence-corrected chi connectivity index (χ2v) is 4.99. The number of carboxylic acid groups (broad SMARTS) is 1. The number of anilines is 1. The Morgan fingerprint density at radius 3 is 2.50 bits per heavy atom. The number of aromatic nitrogens is 2. The van der Waals surface area contributed by atoms with E-state index in [-0.39, 0.29) is 11.4 Å². The van der Waals surface area contributed by atoms with Gasteiger partial charge in [0.25, 0.3) is 5.91 Å². The number of carbonyl (C=O) groups is 2. The van der Waals surface area contributed by atoms with Crippen LogP contribution >= 0.6 is 0 Å². The summed E-state index contributed by atoms with van der Waals surface area (Å²) in [5.74, 6) is -1.65. The van der Waals surface area contributed by atoms with E-state index in [1.165, 1.54) is 18.5 Å². The number of amides is 1. The smallest absolute Gasteiger partial charge is 0.356 e. The minimum atomic E-state index is -1.21. The second-order valence-electron chi connectivity index (χ2n) is 4.99. The van der Waals surface area contributed by atoms with Gasteiger partial charge >= 0.3 is 5.97 Å². The van der Waals surface area contributed by atoms with E-state index in [9.17, 15) is 9.59 Å². The quantitative estimate of drug-likeness (QED) is 0.771. The molecule has 6 nitrogen and oxygen atoms in total. The van der Waals surface area contributed by atoms with Gasteiger partial charge in [-0.2, -0.15) is 0 Å². The fourth-order valence-corrected chi connectivity index (χ4v) is 2.22. The molecule has 3 rings (SSSR count). The Morgan fingerprint density at radius 2 is 1.75 bits per heavy atom. The molecule has 2 N–H and O–H groups in total. The van der Waals surface area contributed by atoms with E-state index >= 15 is 0 Å². The summed E-state index contributed by atoms with van der Waals surface area (Å²) in [4.78, 5) is 31.4. The molecule has 3 aromatic rings. The lowest BCUT2D eigenvalue weighted by molar-refractivity contribution is 0.0691. The minimum absolute atomic E-state index is 0.139. The molecule has 0 saturated heterocycles. The first kappa shape index (κ1) is 15.4. The number of hydrogen-bond donors (Lipinski definition) is 2. The third-order valence-corrected chi connectivity index (χ3v) is 3.37. The normalized spacial score (nSPS) is 10.2. The molecular formula is C18H13N3O3. The van der Waals surface area contributed by atoms with Crippen LogP contribution in [0.4, 0.5) is 5.69 Å². The monoisotopic (exact) mass is 319 g/mol. The van der Waals surface area contributed by atoms with Crippen molar-refractivity contribution in [2.75, 3.05) is 5.32 Å². The van der Waals surface area contributed by atoms with Gasteiger partial charge in [0.1, 0.15) is 0 Å². The Hall–Kier alpha value is -3.54. The molecule has 0 radical (unpaired) electrons. The maximum absolute atomic E-state index is 12.4. The summed E-state index contributed by atoms with van der Waals surface area (Å²) < 4.78 is 0. The van der Waals surface area contributed by atoms with E-state index in [4.69, 9.17) is 5.11 Å². The van der Waals surface area contributed by atoms with Crippen LogP contribution in [0.1, 0.15) is 20.8 Å². The Balaban J connectivity index is 1.88. The van der Waals surface area contributed by atoms with Crippen LogP contribution in [0.5, 0.6) is 0 Å². The first-order valence-electron chi connectivity index (χ1n) is 7.15. The fraction of sp³-hybridized carbons (Fsp3) is 0. The Kier molecular flexibility index (Phi) is 4.29. The molecule has 1 aromatic carbocycles. The fourth-order valence-electron chi connectivity index (χ4n) is 2.22. The van der Waals surface area contributed by atoms with Gasteiger partial charge in [0.05, 0.1) is 11.3 Å². The van der Waals surface area contributed by atoms with E-state index in [2.05, 4.69) is 15.3 Å². The largest absolute Gasteiger partial charge is 0.476 e. The molecular weight excluding hydrogens is 306 g/mol. The van der Waals surface area contributed by atoms with Crippen molar-refractivity contribution in [1.82, 2.24) is 9.97 Å². The highest BCUT2D eigenvalue weighted by molar-refractivity contribution is 6.07. The van der Waals surface area contributed by atoms with Crippen molar-refractivity contribution in [2.24, 2.45) is 0 Å². The zero-order chi connectivity index (χ0) is 16.9. The SMILES string of the molecule is O=C(Nc1cccnc1C(=O)O)c1cncc(-c2ccccc2)c1. The van der Waals surface area contributed by atoms with Gasteiger partial charge in [0, 0.05) is 24.2 Å². The Morgan fingerprint density at radius 1 is 0.958 bits per heavy atom. The van der Waals surface area contributed by atoms with Crippen LogP contribution in [-0.2, 0) is 0 Å². The van der Waals surface area contributed by atoms with Crippen LogP contribution in [0, 0.1) is 0 Å². The van der Waals surface area contributed by atoms with Gasteiger partial charge in [-0.3, -0.25) is 9.78 Å². The summed E-state index contributed by atoms with van der Waals surface area (Å²) in [5.41, 5.74) is 2.00. The first-order chi connectivity index (χ1) is 11.6. The average Bonchev–Trinajstić information content (AvgIpc) is 2.63. The van der Waals surface area contributed by atoms with Gasteiger partial charge in [0.2, 0.25) is 0 Å². The molecule has 0 unspecified atom stereocenters. The summed E-state index contributed by atoms with van der Waals surface area (Å²) in [7, 11) is 0. The molecule has 0 saturated carbocycles. The zero-order valence-corrected chi connectivity index (χ0v) is 12.5. The van der Waals surface area contributed by atoms with Crippen molar-refractivity contribution in [3.8, 4) is 11.1 Å². The molecule has 0 bridgehead atoms. The van der Waals surface area contributed by atoms with Gasteiger partial charge in [-0.1, -0.05) is 30.3 Å². The molecule has 2 heterocycles. The van der Waals surface area contributed by atoms with E-state index in [0.717, 1.165) is 11.1 Å². The van der Waals surface area contributed by atoms with Gasteiger partial charge in [-0.15, -0.1) is 0 Å². The molecule has 0 atom stereocenters. The average molecular weight is 319 g/mol. The van der Waals surface area contributed by atoms with Crippen LogP contribution in [-0.4, -0.2) is 27.0 Å². The van der Waals surface area contributed by atoms with E-state index in [0.29, 0.717) is 5.56 Å². The molecule has 0 aliphatic carbocycles. The number of hydrogen-bond acceptors (Lipinski definition) is 4. The van der Waals surface area contributed by atoms with Gasteiger partial charge in [-0.05, 0) is 23.8 Å². The summed E-state index contributed by atoms with van der Waals surface area (Å²) in [6.45, 7) is 0. The maximum Gasteiger partial charge on any atom is 0.356 e. The van der Waals surface area contributed by atoms with Crippen molar-refractivity contribution < 1.29 is 14.7 Å². The summed E-state index contributed by atoms with van der Waals surface area (Å²) in [6.07, 6.45) is 4.45. The number of benzene rings is 1. The standard InChI is InChI=1S/C18H13N3O3/c22-17(21-15-7-4-8-20-16(15)18(23)24)14-9-13(10-19-11-14)12-5-2-1-3-6-12/h1-11H,(H,21,22)(H,23,24). The summed E-state index contributed by atoms with van der Waals surface area (Å²) in [5, 5.41) is 11.7. The van der Waals surface area contributed by atoms with Gasteiger partial charge in [-0.25, -0.2) is 9.78 Å². The highest BCUT2D eigenvalue weighted by atomic mass is 16.4. The zero-order valence-electron chi connectivity index (χ0n) is 12.5. The maximum atomic E-state index is 12.4. The lowest BCUT2D eigenvalue weighted by atomic mass is 10.1. The Bertz CT molecular complexity index is 895. The van der Waals surface area contributed by atoms with Gasteiger partial charge < -0.3 is 10.4 Å². The number of pyridine rings is 2. The van der Waals surface area contributed by atoms with E-state index in [1.54, 1.807) is 18.3 Å². The molecule has 0 fully saturated rings. The van der Waals surface area contributed by atoms with Crippen LogP contribution in [0.25, 0.3) is 11.1 Å². The summed E-state index contributed by atoms with van der Waals surface area (Å²) >= 11 is 0. The number of rotatable bonds is 4. The van der Waals surface area contributed by atoms with E-state index < -0.39 is 11.9 Å². The van der Waals surface area contributed by atoms with Crippen molar-refractivity contribution in [3.05, 3.63) is 78.4 Å². The van der Waals surface area contributed by atoms with Crippen molar-refractivity contribution in [3.63, 3.8) is 0 Å². The molecule has 0 aliphatic heterocycles. The minimum Gasteiger partial charge on any atom is -0.476 e. The topological polar surface area (TPSA) is 92.2 Å². The Labute approximate surface area is 137 Å². The van der Waals surface area contributed by atoms with Crippen molar-refractivity contribution in [2.45, 2.75) is 0 Å². The van der Waals surface area contributed by atoms with Crippen LogP contribution in [0.2, 0.25) is 0 Å². The lowest BCUT2D eigenvalue weighted by Gasteiger charge is -2.08. The highest BCUT2D eigenvalue weighted by Gasteiger charge is 2.15. The molecule has 1 amide bonds. The predicted molar refractivity (Wildman–Crippen MR) is 88.8 cm³/mol. The lowest BCUT2D eigenvalue weighted by Crippen LogP contribution is -2.16. The number of nitrogens with one attached hydrogen (secondary N) is 1. The number of carboxylic acids is 1. The van der Waals surface area contributed by atoms with Crippen molar-refractivity contribution >= 4 is 17.6 Å². The molecule has 118 valence electrons. The van der Waals surface area contributed by atoms with Crippen LogP contribution in [0.3, 0.4) is 0 Å². The molecule has 2 aromatic heterocycles. The predicted octanol–water partition coefficient (Wildman–Crippen LogP) is 3.09. The highest BCUT2D eigenvalue weighted by Crippen LogP contribution is 2.20. The first-order valence-corrected chi connectivity index (χ1v) is 7.15. The number of aromatic carboxylic acids is 1. The van der Waals surface area contributed by atoms with Crippen LogP contribution in [0.15, 0.2) is 67.1 Å².